The van der Waals surface area contributed by atoms with E-state index in [4.69, 9.17) is 0 Å². The Morgan fingerprint density at radius 2 is 1.94 bits per heavy atom. The molecule has 7 nitrogen and oxygen atoms in total. The third-order valence-corrected chi connectivity index (χ3v) is 5.53. The number of alkyl halides is 3. The average molecular weight is 432 g/mol. The monoisotopic (exact) mass is 432 g/mol. The lowest BCUT2D eigenvalue weighted by atomic mass is 10.1. The Kier molecular flexibility index (Phi) is 5.18. The summed E-state index contributed by atoms with van der Waals surface area (Å²) in [4.78, 5) is 27.5. The van der Waals surface area contributed by atoms with Gasteiger partial charge < -0.3 is 4.90 Å². The van der Waals surface area contributed by atoms with Crippen LogP contribution in [0.5, 0.6) is 0 Å². The predicted octanol–water partition coefficient (Wildman–Crippen LogP) is 4.26. The van der Waals surface area contributed by atoms with Crippen molar-refractivity contribution in [2.45, 2.75) is 58.7 Å². The molecule has 1 unspecified atom stereocenters. The Morgan fingerprint density at radius 1 is 1.19 bits per heavy atom. The second-order valence-electron chi connectivity index (χ2n) is 8.13. The normalized spacial score (nSPS) is 17.2. The molecule has 4 rings (SSSR count). The summed E-state index contributed by atoms with van der Waals surface area (Å²) < 4.78 is 41.9. The van der Waals surface area contributed by atoms with Gasteiger partial charge in [-0.1, -0.05) is 13.8 Å². The molecular formula is C21H23F3N6O. The summed E-state index contributed by atoms with van der Waals surface area (Å²) in [5.41, 5.74) is 0.959. The molecule has 0 aromatic carbocycles. The van der Waals surface area contributed by atoms with Gasteiger partial charge in [-0.25, -0.2) is 19.5 Å². The molecule has 3 aromatic rings. The molecule has 0 saturated carbocycles. The molecule has 0 aliphatic carbocycles. The summed E-state index contributed by atoms with van der Waals surface area (Å²) in [6.45, 7) is 7.55. The van der Waals surface area contributed by atoms with Crippen LogP contribution in [-0.2, 0) is 6.18 Å². The molecule has 4 heterocycles. The van der Waals surface area contributed by atoms with Crippen LogP contribution >= 0.6 is 0 Å². The summed E-state index contributed by atoms with van der Waals surface area (Å²) in [6, 6.07) is 2.16. The Balaban J connectivity index is 1.76. The first-order chi connectivity index (χ1) is 14.6. The first-order valence-corrected chi connectivity index (χ1v) is 10.1. The van der Waals surface area contributed by atoms with E-state index < -0.39 is 17.9 Å². The minimum absolute atomic E-state index is 0.127. The summed E-state index contributed by atoms with van der Waals surface area (Å²) in [7, 11) is 0. The van der Waals surface area contributed by atoms with Crippen LogP contribution in [0, 0.1) is 13.8 Å². The molecule has 10 heteroatoms. The van der Waals surface area contributed by atoms with Crippen molar-refractivity contribution < 1.29 is 18.0 Å². The maximum atomic E-state index is 13.7. The number of aryl methyl sites for hydroxylation is 2. The molecule has 1 fully saturated rings. The highest BCUT2D eigenvalue weighted by Gasteiger charge is 2.37. The molecule has 31 heavy (non-hydrogen) atoms. The molecular weight excluding hydrogens is 409 g/mol. The number of amides is 1. The number of nitrogens with zero attached hydrogens (tertiary/aromatic N) is 6. The fraction of sp³-hybridized carbons (Fsp3) is 0.476. The third-order valence-electron chi connectivity index (χ3n) is 5.53. The standard InChI is InChI=1S/C21H23F3N6O/c1-11(2)15-8-18(21(22,23)24)30-19(27-15)9-16(28-30)17-6-5-7-29(17)20(31)14-10-25-13(4)26-12(14)3/h8-11,17H,5-7H2,1-4H3. The number of aromatic nitrogens is 5. The van der Waals surface area contributed by atoms with Gasteiger partial charge in [0.05, 0.1) is 23.0 Å². The highest BCUT2D eigenvalue weighted by Crippen LogP contribution is 2.35. The van der Waals surface area contributed by atoms with Crippen LogP contribution in [0.15, 0.2) is 18.3 Å². The van der Waals surface area contributed by atoms with Gasteiger partial charge in [0, 0.05) is 24.5 Å². The zero-order chi connectivity index (χ0) is 22.5. The van der Waals surface area contributed by atoms with Crippen LogP contribution < -0.4 is 0 Å². The second-order valence-corrected chi connectivity index (χ2v) is 8.13. The van der Waals surface area contributed by atoms with Crippen LogP contribution in [0.25, 0.3) is 5.65 Å². The van der Waals surface area contributed by atoms with Gasteiger partial charge in [0.1, 0.15) is 11.5 Å². The number of fused-ring (bicyclic) bond motifs is 1. The minimum atomic E-state index is -4.57. The van der Waals surface area contributed by atoms with E-state index in [1.807, 2.05) is 0 Å². The van der Waals surface area contributed by atoms with E-state index in [1.165, 1.54) is 6.20 Å². The van der Waals surface area contributed by atoms with Crippen molar-refractivity contribution in [2.24, 2.45) is 0 Å². The molecule has 0 spiro atoms. The molecule has 1 saturated heterocycles. The van der Waals surface area contributed by atoms with Gasteiger partial charge in [-0.05, 0) is 38.7 Å². The van der Waals surface area contributed by atoms with E-state index in [-0.39, 0.29) is 17.5 Å². The predicted molar refractivity (Wildman–Crippen MR) is 107 cm³/mol. The van der Waals surface area contributed by atoms with E-state index in [1.54, 1.807) is 38.7 Å². The van der Waals surface area contributed by atoms with Gasteiger partial charge in [-0.3, -0.25) is 4.79 Å². The highest BCUT2D eigenvalue weighted by molar-refractivity contribution is 5.95. The van der Waals surface area contributed by atoms with Crippen molar-refractivity contribution in [3.8, 4) is 0 Å². The quantitative estimate of drug-likeness (QED) is 0.618. The van der Waals surface area contributed by atoms with Crippen molar-refractivity contribution in [1.29, 1.82) is 0 Å². The molecule has 1 amide bonds. The number of halogens is 3. The average Bonchev–Trinajstić information content (AvgIpc) is 3.32. The Morgan fingerprint density at radius 3 is 2.58 bits per heavy atom. The van der Waals surface area contributed by atoms with E-state index in [2.05, 4.69) is 20.1 Å². The lowest BCUT2D eigenvalue weighted by molar-refractivity contribution is -0.142. The molecule has 0 N–H and O–H groups in total. The van der Waals surface area contributed by atoms with E-state index >= 15 is 0 Å². The van der Waals surface area contributed by atoms with Gasteiger partial charge in [-0.15, -0.1) is 0 Å². The van der Waals surface area contributed by atoms with Crippen molar-refractivity contribution in [3.63, 3.8) is 0 Å². The van der Waals surface area contributed by atoms with E-state index in [0.29, 0.717) is 41.4 Å². The lowest BCUT2D eigenvalue weighted by Gasteiger charge is -2.23. The first kappa shape index (κ1) is 21.2. The summed E-state index contributed by atoms with van der Waals surface area (Å²) >= 11 is 0. The number of hydrogen-bond donors (Lipinski definition) is 0. The van der Waals surface area contributed by atoms with Crippen LogP contribution in [0.3, 0.4) is 0 Å². The van der Waals surface area contributed by atoms with Crippen molar-refractivity contribution in [2.75, 3.05) is 6.54 Å². The van der Waals surface area contributed by atoms with Gasteiger partial charge in [0.15, 0.2) is 5.65 Å². The van der Waals surface area contributed by atoms with Gasteiger partial charge >= 0.3 is 6.18 Å². The zero-order valence-electron chi connectivity index (χ0n) is 17.7. The summed E-state index contributed by atoms with van der Waals surface area (Å²) in [6.07, 6.45) is -1.74. The molecule has 1 aliphatic rings. The Hall–Kier alpha value is -3.04. The maximum absolute atomic E-state index is 13.7. The summed E-state index contributed by atoms with van der Waals surface area (Å²) in [5, 5.41) is 4.23. The van der Waals surface area contributed by atoms with Gasteiger partial charge in [0.25, 0.3) is 5.91 Å². The fourth-order valence-electron chi connectivity index (χ4n) is 3.94. The van der Waals surface area contributed by atoms with Crippen molar-refractivity contribution >= 4 is 11.6 Å². The first-order valence-electron chi connectivity index (χ1n) is 10.1. The number of rotatable bonds is 3. The molecule has 3 aromatic heterocycles. The third kappa shape index (κ3) is 3.86. The smallest absolute Gasteiger partial charge is 0.330 e. The number of likely N-dealkylation sites (tertiary alicyclic amines) is 1. The summed E-state index contributed by atoms with van der Waals surface area (Å²) in [5.74, 6) is 0.154. The Labute approximate surface area is 177 Å². The van der Waals surface area contributed by atoms with Crippen LogP contribution in [0.2, 0.25) is 0 Å². The van der Waals surface area contributed by atoms with Crippen LogP contribution in [-0.4, -0.2) is 41.9 Å². The Bertz CT molecular complexity index is 1150. The molecule has 0 bridgehead atoms. The fourth-order valence-corrected chi connectivity index (χ4v) is 3.94. The maximum Gasteiger partial charge on any atom is 0.433 e. The largest absolute Gasteiger partial charge is 0.433 e. The molecule has 164 valence electrons. The van der Waals surface area contributed by atoms with Crippen LogP contribution in [0.1, 0.15) is 77.6 Å². The SMILES string of the molecule is Cc1ncc(C(=O)N2CCCC2c2cc3nc(C(C)C)cc(C(F)(F)F)n3n2)c(C)n1. The lowest BCUT2D eigenvalue weighted by Crippen LogP contribution is -2.31. The van der Waals surface area contributed by atoms with Gasteiger partial charge in [-0.2, -0.15) is 18.3 Å². The van der Waals surface area contributed by atoms with E-state index in [0.717, 1.165) is 17.0 Å². The molecule has 1 aliphatic heterocycles. The number of carbonyl (C=O) groups excluding carboxylic acids is 1. The zero-order valence-corrected chi connectivity index (χ0v) is 17.7. The van der Waals surface area contributed by atoms with E-state index in [9.17, 15) is 18.0 Å². The number of hydrogen-bond acceptors (Lipinski definition) is 5. The topological polar surface area (TPSA) is 76.3 Å². The number of carbonyl (C=O) groups is 1. The van der Waals surface area contributed by atoms with Gasteiger partial charge in [0.2, 0.25) is 0 Å². The molecule has 1 atom stereocenters. The minimum Gasteiger partial charge on any atom is -0.330 e. The van der Waals surface area contributed by atoms with Crippen molar-refractivity contribution in [3.05, 3.63) is 52.5 Å². The van der Waals surface area contributed by atoms with Crippen LogP contribution in [0.4, 0.5) is 13.2 Å². The van der Waals surface area contributed by atoms with Crippen molar-refractivity contribution in [1.82, 2.24) is 29.5 Å². The molecule has 0 radical (unpaired) electrons. The highest BCUT2D eigenvalue weighted by atomic mass is 19.4. The second kappa shape index (κ2) is 7.58.